The number of aromatic nitrogens is 1. The Labute approximate surface area is 164 Å². The molecule has 0 amide bonds. The average molecular weight is 396 g/mol. The highest BCUT2D eigenvalue weighted by Gasteiger charge is 2.30. The van der Waals surface area contributed by atoms with Gasteiger partial charge in [0.2, 0.25) is 0 Å². The number of hydrogen-bond acceptors (Lipinski definition) is 6. The fourth-order valence-corrected chi connectivity index (χ4v) is 4.02. The number of nitro benzene ring substituents is 1. The number of nitrogens with one attached hydrogen (secondary N) is 1. The Morgan fingerprint density at radius 2 is 2.00 bits per heavy atom. The maximum atomic E-state index is 15.2. The topological polar surface area (TPSA) is 89.6 Å². The van der Waals surface area contributed by atoms with Crippen LogP contribution in [0.4, 0.5) is 15.8 Å². The number of nitrogens with zero attached hydrogens (tertiary/aromatic N) is 3. The Morgan fingerprint density at radius 3 is 2.72 bits per heavy atom. The summed E-state index contributed by atoms with van der Waals surface area (Å²) in [4.78, 5) is 25.3. The zero-order valence-corrected chi connectivity index (χ0v) is 15.6. The zero-order valence-electron chi connectivity index (χ0n) is 15.6. The van der Waals surface area contributed by atoms with Gasteiger partial charge in [0.1, 0.15) is 11.2 Å². The van der Waals surface area contributed by atoms with Crippen LogP contribution in [0, 0.1) is 22.9 Å². The number of pyridine rings is 1. The molecule has 0 saturated carbocycles. The Hall–Kier alpha value is -3.46. The van der Waals surface area contributed by atoms with E-state index in [9.17, 15) is 14.9 Å². The van der Waals surface area contributed by atoms with Crippen LogP contribution in [-0.2, 0) is 0 Å². The molecule has 1 fully saturated rings. The molecule has 2 aliphatic heterocycles. The van der Waals surface area contributed by atoms with Crippen molar-refractivity contribution in [2.75, 3.05) is 31.1 Å². The quantitative estimate of drug-likeness (QED) is 0.414. The molecule has 9 heteroatoms. The van der Waals surface area contributed by atoms with E-state index in [0.29, 0.717) is 42.9 Å². The number of anilines is 1. The first kappa shape index (κ1) is 17.6. The molecule has 2 aliphatic rings. The third-order valence-corrected chi connectivity index (χ3v) is 5.41. The molecule has 1 aromatic heterocycles. The highest BCUT2D eigenvalue weighted by Crippen LogP contribution is 2.47. The van der Waals surface area contributed by atoms with E-state index in [0.717, 1.165) is 0 Å². The van der Waals surface area contributed by atoms with E-state index >= 15 is 4.39 Å². The summed E-state index contributed by atoms with van der Waals surface area (Å²) < 4.78 is 23.0. The SMILES string of the molecule is Cc1cn2c3c(c(N4CCNCC4)c(F)cc3c1=O)Oc1cc([N+](=O)[O-])ccc1-2. The molecule has 1 N–H and O–H groups in total. The highest BCUT2D eigenvalue weighted by atomic mass is 19.1. The number of non-ortho nitro benzene ring substituents is 1. The number of rotatable bonds is 2. The van der Waals surface area contributed by atoms with Crippen LogP contribution in [0.25, 0.3) is 16.6 Å². The van der Waals surface area contributed by atoms with Crippen LogP contribution in [0.2, 0.25) is 0 Å². The van der Waals surface area contributed by atoms with Gasteiger partial charge in [0, 0.05) is 44.0 Å². The number of fused-ring (bicyclic) bond motifs is 2. The summed E-state index contributed by atoms with van der Waals surface area (Å²) in [6, 6.07) is 5.55. The molecule has 0 spiro atoms. The monoisotopic (exact) mass is 396 g/mol. The minimum Gasteiger partial charge on any atom is -0.450 e. The standard InChI is InChI=1S/C20H17FN4O4/c1-11-10-24-15-3-2-12(25(27)28)8-16(15)29-20-17(24)13(19(11)26)9-14(21)18(20)23-6-4-22-5-7-23/h2-3,8-10,22H,4-7H2,1H3. The predicted molar refractivity (Wildman–Crippen MR) is 106 cm³/mol. The first-order valence-electron chi connectivity index (χ1n) is 9.26. The van der Waals surface area contributed by atoms with Gasteiger partial charge in [0.25, 0.3) is 5.69 Å². The normalized spacial score (nSPS) is 15.2. The number of hydrogen-bond donors (Lipinski definition) is 1. The van der Waals surface area contributed by atoms with Crippen molar-refractivity contribution >= 4 is 22.3 Å². The Balaban J connectivity index is 1.86. The van der Waals surface area contributed by atoms with Crippen LogP contribution >= 0.6 is 0 Å². The van der Waals surface area contributed by atoms with Gasteiger partial charge in [-0.2, -0.15) is 0 Å². The van der Waals surface area contributed by atoms with E-state index in [-0.39, 0.29) is 33.7 Å². The van der Waals surface area contributed by atoms with Crippen LogP contribution in [0.5, 0.6) is 11.5 Å². The molecule has 0 aliphatic carbocycles. The summed E-state index contributed by atoms with van der Waals surface area (Å²) in [6.45, 7) is 4.21. The molecule has 1 saturated heterocycles. The lowest BCUT2D eigenvalue weighted by molar-refractivity contribution is -0.384. The van der Waals surface area contributed by atoms with E-state index in [4.69, 9.17) is 4.74 Å². The van der Waals surface area contributed by atoms with Crippen LogP contribution < -0.4 is 20.4 Å². The predicted octanol–water partition coefficient (Wildman–Crippen LogP) is 2.86. The number of aryl methyl sites for hydroxylation is 1. The molecule has 3 aromatic rings. The number of piperazine rings is 1. The van der Waals surface area contributed by atoms with Gasteiger partial charge in [-0.1, -0.05) is 0 Å². The number of benzene rings is 2. The Kier molecular flexibility index (Phi) is 3.82. The molecule has 0 atom stereocenters. The van der Waals surface area contributed by atoms with Crippen LogP contribution in [-0.4, -0.2) is 35.7 Å². The summed E-state index contributed by atoms with van der Waals surface area (Å²) in [5.74, 6) is -0.0810. The van der Waals surface area contributed by atoms with Crippen molar-refractivity contribution in [3.8, 4) is 17.2 Å². The highest BCUT2D eigenvalue weighted by molar-refractivity contribution is 5.95. The van der Waals surface area contributed by atoms with Gasteiger partial charge in [-0.15, -0.1) is 0 Å². The molecular formula is C20H17FN4O4. The minimum atomic E-state index is -0.544. The minimum absolute atomic E-state index is 0.124. The van der Waals surface area contributed by atoms with Crippen LogP contribution in [0.1, 0.15) is 5.56 Å². The van der Waals surface area contributed by atoms with Gasteiger partial charge in [-0.3, -0.25) is 14.9 Å². The molecular weight excluding hydrogens is 379 g/mol. The van der Waals surface area contributed by atoms with Crippen molar-refractivity contribution in [2.45, 2.75) is 6.92 Å². The number of ether oxygens (including phenoxy) is 1. The van der Waals surface area contributed by atoms with E-state index < -0.39 is 10.7 Å². The van der Waals surface area contributed by atoms with Gasteiger partial charge in [-0.25, -0.2) is 4.39 Å². The average Bonchev–Trinajstić information content (AvgIpc) is 2.71. The second-order valence-electron chi connectivity index (χ2n) is 7.19. The largest absolute Gasteiger partial charge is 0.450 e. The van der Waals surface area contributed by atoms with E-state index in [2.05, 4.69) is 5.32 Å². The lowest BCUT2D eigenvalue weighted by Crippen LogP contribution is -2.44. The van der Waals surface area contributed by atoms with Crippen molar-refractivity contribution < 1.29 is 14.1 Å². The maximum Gasteiger partial charge on any atom is 0.273 e. The molecule has 8 nitrogen and oxygen atoms in total. The van der Waals surface area contributed by atoms with Crippen molar-refractivity contribution in [1.82, 2.24) is 9.88 Å². The molecule has 29 heavy (non-hydrogen) atoms. The van der Waals surface area contributed by atoms with Gasteiger partial charge in [-0.05, 0) is 19.1 Å². The van der Waals surface area contributed by atoms with Gasteiger partial charge >= 0.3 is 0 Å². The Bertz CT molecular complexity index is 1250. The summed E-state index contributed by atoms with van der Waals surface area (Å²) in [6.07, 6.45) is 1.67. The lowest BCUT2D eigenvalue weighted by Gasteiger charge is -2.33. The summed E-state index contributed by atoms with van der Waals surface area (Å²) in [7, 11) is 0. The van der Waals surface area contributed by atoms with Crippen molar-refractivity contribution in [3.05, 3.63) is 62.2 Å². The molecule has 2 aromatic carbocycles. The summed E-state index contributed by atoms with van der Waals surface area (Å²) >= 11 is 0. The van der Waals surface area contributed by atoms with Gasteiger partial charge in [0.05, 0.1) is 22.1 Å². The van der Waals surface area contributed by atoms with E-state index in [1.54, 1.807) is 23.8 Å². The van der Waals surface area contributed by atoms with Gasteiger partial charge < -0.3 is 19.5 Å². The molecule has 0 unspecified atom stereocenters. The fourth-order valence-electron chi connectivity index (χ4n) is 4.02. The Morgan fingerprint density at radius 1 is 1.24 bits per heavy atom. The smallest absolute Gasteiger partial charge is 0.273 e. The number of halogens is 1. The van der Waals surface area contributed by atoms with Gasteiger partial charge in [0.15, 0.2) is 22.7 Å². The number of nitro groups is 1. The molecule has 148 valence electrons. The summed E-state index contributed by atoms with van der Waals surface area (Å²) in [5.41, 5.74) is 1.36. The second-order valence-corrected chi connectivity index (χ2v) is 7.19. The second kappa shape index (κ2) is 6.28. The van der Waals surface area contributed by atoms with Crippen molar-refractivity contribution in [2.24, 2.45) is 0 Å². The van der Waals surface area contributed by atoms with E-state index in [1.165, 1.54) is 18.2 Å². The maximum absolute atomic E-state index is 15.2. The molecule has 5 rings (SSSR count). The lowest BCUT2D eigenvalue weighted by atomic mass is 10.1. The first-order chi connectivity index (χ1) is 14.0. The van der Waals surface area contributed by atoms with Crippen LogP contribution in [0.3, 0.4) is 0 Å². The zero-order chi connectivity index (χ0) is 20.3. The molecule has 3 heterocycles. The van der Waals surface area contributed by atoms with Crippen molar-refractivity contribution in [1.29, 1.82) is 0 Å². The molecule has 0 radical (unpaired) electrons. The molecule has 0 bridgehead atoms. The fraction of sp³-hybridized carbons (Fsp3) is 0.250. The van der Waals surface area contributed by atoms with E-state index in [1.807, 2.05) is 4.90 Å². The third-order valence-electron chi connectivity index (χ3n) is 5.41. The first-order valence-corrected chi connectivity index (χ1v) is 9.26. The van der Waals surface area contributed by atoms with Crippen molar-refractivity contribution in [3.63, 3.8) is 0 Å². The summed E-state index contributed by atoms with van der Waals surface area (Å²) in [5, 5.41) is 14.7. The van der Waals surface area contributed by atoms with Crippen LogP contribution in [0.15, 0.2) is 35.3 Å². The third kappa shape index (κ3) is 2.58.